The van der Waals surface area contributed by atoms with Gasteiger partial charge >= 0.3 is 4.87 Å². The summed E-state index contributed by atoms with van der Waals surface area (Å²) in [5.41, 5.74) is 1.81. The van der Waals surface area contributed by atoms with Crippen LogP contribution < -0.4 is 4.87 Å². The van der Waals surface area contributed by atoms with E-state index in [1.807, 2.05) is 30.3 Å². The average Bonchev–Trinajstić information content (AvgIpc) is 3.03. The number of benzene rings is 2. The van der Waals surface area contributed by atoms with Gasteiger partial charge in [0.05, 0.1) is 21.7 Å². The Bertz CT molecular complexity index is 1130. The summed E-state index contributed by atoms with van der Waals surface area (Å²) < 4.78 is 30.0. The molecule has 1 fully saturated rings. The average molecular weight is 418 g/mol. The SMILES string of the molecule is CCN1CCN(S(=O)(=O)c2ccc3c(c2)sc(=O)n3Cc2ccccc2)CC1. The molecule has 0 radical (unpaired) electrons. The summed E-state index contributed by atoms with van der Waals surface area (Å²) >= 11 is 1.10. The van der Waals surface area contributed by atoms with E-state index in [0.717, 1.165) is 42.1 Å². The van der Waals surface area contributed by atoms with Crippen LogP contribution in [0.1, 0.15) is 12.5 Å². The maximum Gasteiger partial charge on any atom is 0.308 e. The Hall–Kier alpha value is -2.00. The van der Waals surface area contributed by atoms with Crippen molar-refractivity contribution in [1.29, 1.82) is 0 Å². The third-order valence-electron chi connectivity index (χ3n) is 5.24. The number of thiazole rings is 1. The lowest BCUT2D eigenvalue weighted by molar-refractivity contribution is 0.196. The van der Waals surface area contributed by atoms with Crippen LogP contribution in [0.25, 0.3) is 10.2 Å². The predicted molar refractivity (Wildman–Crippen MR) is 113 cm³/mol. The lowest BCUT2D eigenvalue weighted by Crippen LogP contribution is -2.48. The third-order valence-corrected chi connectivity index (χ3v) is 8.08. The number of fused-ring (bicyclic) bond motifs is 1. The highest BCUT2D eigenvalue weighted by atomic mass is 32.2. The molecule has 0 unspecified atom stereocenters. The van der Waals surface area contributed by atoms with Crippen LogP contribution in [-0.4, -0.2) is 54.9 Å². The van der Waals surface area contributed by atoms with Crippen molar-refractivity contribution in [2.45, 2.75) is 18.4 Å². The molecule has 1 saturated heterocycles. The Balaban J connectivity index is 1.64. The molecule has 8 heteroatoms. The van der Waals surface area contributed by atoms with Crippen LogP contribution in [-0.2, 0) is 16.6 Å². The summed E-state index contributed by atoms with van der Waals surface area (Å²) in [5.74, 6) is 0. The van der Waals surface area contributed by atoms with Gasteiger partial charge in [-0.15, -0.1) is 0 Å². The fourth-order valence-electron chi connectivity index (χ4n) is 3.56. The van der Waals surface area contributed by atoms with Crippen LogP contribution in [0.15, 0.2) is 58.2 Å². The fraction of sp³-hybridized carbons (Fsp3) is 0.350. The van der Waals surface area contributed by atoms with E-state index in [2.05, 4.69) is 11.8 Å². The first-order chi connectivity index (χ1) is 13.5. The summed E-state index contributed by atoms with van der Waals surface area (Å²) in [5, 5.41) is 0. The maximum atomic E-state index is 13.0. The minimum Gasteiger partial charge on any atom is -0.301 e. The van der Waals surface area contributed by atoms with E-state index in [1.54, 1.807) is 27.1 Å². The molecule has 1 aliphatic rings. The first-order valence-electron chi connectivity index (χ1n) is 9.39. The van der Waals surface area contributed by atoms with Crippen molar-refractivity contribution in [3.8, 4) is 0 Å². The van der Waals surface area contributed by atoms with Crippen LogP contribution in [0.4, 0.5) is 0 Å². The monoisotopic (exact) mass is 417 g/mol. The molecule has 0 atom stereocenters. The van der Waals surface area contributed by atoms with Crippen molar-refractivity contribution in [2.24, 2.45) is 0 Å². The molecule has 3 aromatic rings. The molecular weight excluding hydrogens is 394 g/mol. The standard InChI is InChI=1S/C20H23N3O3S2/c1-2-21-10-12-22(13-11-21)28(25,26)17-8-9-18-19(14-17)27-20(24)23(18)15-16-6-4-3-5-7-16/h3-9,14H,2,10-13,15H2,1H3. The zero-order valence-electron chi connectivity index (χ0n) is 15.7. The van der Waals surface area contributed by atoms with Crippen LogP contribution in [0.3, 0.4) is 0 Å². The number of hydrogen-bond acceptors (Lipinski definition) is 5. The Morgan fingerprint density at radius 1 is 1.00 bits per heavy atom. The summed E-state index contributed by atoms with van der Waals surface area (Å²) in [6, 6.07) is 14.8. The molecule has 2 aromatic carbocycles. The minimum absolute atomic E-state index is 0.0787. The summed E-state index contributed by atoms with van der Waals surface area (Å²) in [4.78, 5) is 14.9. The largest absolute Gasteiger partial charge is 0.308 e. The quantitative estimate of drug-likeness (QED) is 0.640. The molecule has 0 saturated carbocycles. The van der Waals surface area contributed by atoms with Crippen molar-refractivity contribution < 1.29 is 8.42 Å². The van der Waals surface area contributed by atoms with Crippen LogP contribution in [0.5, 0.6) is 0 Å². The molecular formula is C20H23N3O3S2. The molecule has 148 valence electrons. The van der Waals surface area contributed by atoms with E-state index in [9.17, 15) is 13.2 Å². The van der Waals surface area contributed by atoms with Gasteiger partial charge in [-0.3, -0.25) is 9.36 Å². The normalized spacial score (nSPS) is 16.6. The smallest absolute Gasteiger partial charge is 0.301 e. The van der Waals surface area contributed by atoms with Gasteiger partial charge < -0.3 is 4.90 Å². The topological polar surface area (TPSA) is 62.6 Å². The Labute approximate surface area is 168 Å². The number of piperazine rings is 1. The highest BCUT2D eigenvalue weighted by Gasteiger charge is 2.28. The van der Waals surface area contributed by atoms with Crippen LogP contribution in [0, 0.1) is 0 Å². The summed E-state index contributed by atoms with van der Waals surface area (Å²) in [6.45, 7) is 5.99. The molecule has 2 heterocycles. The molecule has 4 rings (SSSR count). The van der Waals surface area contributed by atoms with Crippen molar-refractivity contribution in [2.75, 3.05) is 32.7 Å². The number of hydrogen-bond donors (Lipinski definition) is 0. The number of likely N-dealkylation sites (N-methyl/N-ethyl adjacent to an activating group) is 1. The van der Waals surface area contributed by atoms with Crippen LogP contribution in [0.2, 0.25) is 0 Å². The van der Waals surface area contributed by atoms with Gasteiger partial charge in [0.25, 0.3) is 0 Å². The zero-order chi connectivity index (χ0) is 19.7. The van der Waals surface area contributed by atoms with Gasteiger partial charge in [-0.2, -0.15) is 4.31 Å². The molecule has 6 nitrogen and oxygen atoms in total. The Morgan fingerprint density at radius 2 is 1.71 bits per heavy atom. The molecule has 1 aromatic heterocycles. The molecule has 0 aliphatic carbocycles. The Morgan fingerprint density at radius 3 is 2.39 bits per heavy atom. The van der Waals surface area contributed by atoms with Gasteiger partial charge in [0, 0.05) is 26.2 Å². The first-order valence-corrected chi connectivity index (χ1v) is 11.6. The van der Waals surface area contributed by atoms with Gasteiger partial charge in [0.1, 0.15) is 0 Å². The van der Waals surface area contributed by atoms with Gasteiger partial charge in [0.15, 0.2) is 0 Å². The van der Waals surface area contributed by atoms with Crippen molar-refractivity contribution in [3.63, 3.8) is 0 Å². The molecule has 0 N–H and O–H groups in total. The maximum absolute atomic E-state index is 13.0. The molecule has 0 amide bonds. The highest BCUT2D eigenvalue weighted by molar-refractivity contribution is 7.89. The molecule has 28 heavy (non-hydrogen) atoms. The van der Waals surface area contributed by atoms with E-state index < -0.39 is 10.0 Å². The predicted octanol–water partition coefficient (Wildman–Crippen LogP) is 2.44. The van der Waals surface area contributed by atoms with Crippen LogP contribution >= 0.6 is 11.3 Å². The van der Waals surface area contributed by atoms with E-state index >= 15 is 0 Å². The van der Waals surface area contributed by atoms with Gasteiger partial charge in [-0.25, -0.2) is 8.42 Å². The van der Waals surface area contributed by atoms with E-state index in [-0.39, 0.29) is 9.77 Å². The zero-order valence-corrected chi connectivity index (χ0v) is 17.4. The molecule has 1 aliphatic heterocycles. The number of sulfonamides is 1. The second kappa shape index (κ2) is 7.79. The highest BCUT2D eigenvalue weighted by Crippen LogP contribution is 2.25. The van der Waals surface area contributed by atoms with Gasteiger partial charge in [-0.1, -0.05) is 48.6 Å². The van der Waals surface area contributed by atoms with Gasteiger partial charge in [-0.05, 0) is 30.3 Å². The number of rotatable bonds is 5. The van der Waals surface area contributed by atoms with E-state index in [0.29, 0.717) is 24.3 Å². The fourth-order valence-corrected chi connectivity index (χ4v) is 6.01. The Kier molecular flexibility index (Phi) is 5.37. The first kappa shape index (κ1) is 19.3. The molecule has 0 bridgehead atoms. The van der Waals surface area contributed by atoms with Crippen molar-refractivity contribution in [1.82, 2.24) is 13.8 Å². The van der Waals surface area contributed by atoms with E-state index in [1.165, 1.54) is 0 Å². The second-order valence-corrected chi connectivity index (χ2v) is 9.84. The van der Waals surface area contributed by atoms with Crippen molar-refractivity contribution in [3.05, 3.63) is 63.8 Å². The lowest BCUT2D eigenvalue weighted by Gasteiger charge is -2.33. The second-order valence-electron chi connectivity index (χ2n) is 6.91. The van der Waals surface area contributed by atoms with Gasteiger partial charge in [0.2, 0.25) is 10.0 Å². The number of nitrogens with zero attached hydrogens (tertiary/aromatic N) is 3. The summed E-state index contributed by atoms with van der Waals surface area (Å²) in [7, 11) is -3.55. The lowest BCUT2D eigenvalue weighted by atomic mass is 10.2. The van der Waals surface area contributed by atoms with E-state index in [4.69, 9.17) is 0 Å². The molecule has 0 spiro atoms. The number of aromatic nitrogens is 1. The van der Waals surface area contributed by atoms with Crippen molar-refractivity contribution >= 4 is 31.6 Å². The minimum atomic E-state index is -3.55. The third kappa shape index (κ3) is 3.65. The summed E-state index contributed by atoms with van der Waals surface area (Å²) in [6.07, 6.45) is 0.